The van der Waals surface area contributed by atoms with Gasteiger partial charge in [0, 0.05) is 17.3 Å². The quantitative estimate of drug-likeness (QED) is 0.758. The van der Waals surface area contributed by atoms with Crippen LogP contribution in [0, 0.1) is 5.92 Å². The molecule has 1 atom stereocenters. The Morgan fingerprint density at radius 3 is 2.76 bits per heavy atom. The summed E-state index contributed by atoms with van der Waals surface area (Å²) < 4.78 is 5.03. The van der Waals surface area contributed by atoms with E-state index >= 15 is 0 Å². The molecule has 1 aromatic rings. The number of rotatable bonds is 7. The monoisotopic (exact) mass is 310 g/mol. The summed E-state index contributed by atoms with van der Waals surface area (Å²) in [4.78, 5) is 25.0. The average molecular weight is 310 g/mol. The van der Waals surface area contributed by atoms with Crippen molar-refractivity contribution in [2.45, 2.75) is 45.6 Å². The maximum Gasteiger partial charge on any atom is 0.341 e. The van der Waals surface area contributed by atoms with E-state index in [2.05, 4.69) is 5.32 Å². The van der Waals surface area contributed by atoms with Crippen LogP contribution in [0.25, 0.3) is 0 Å². The minimum absolute atomic E-state index is 0.0818. The Morgan fingerprint density at radius 2 is 2.19 bits per heavy atom. The number of amides is 1. The van der Waals surface area contributed by atoms with Crippen molar-refractivity contribution in [3.8, 4) is 0 Å². The van der Waals surface area contributed by atoms with Crippen LogP contribution in [0.4, 0.5) is 5.00 Å². The number of aryl methyl sites for hydroxylation is 1. The molecule has 1 amide bonds. The number of hydrogen-bond acceptors (Lipinski definition) is 5. The van der Waals surface area contributed by atoms with Crippen LogP contribution in [0.2, 0.25) is 0 Å². The van der Waals surface area contributed by atoms with Gasteiger partial charge in [-0.25, -0.2) is 4.79 Å². The molecule has 0 aromatic carbocycles. The molecule has 0 radical (unpaired) electrons. The molecule has 0 spiro atoms. The average Bonchev–Trinajstić information content (AvgIpc) is 3.21. The predicted octanol–water partition coefficient (Wildman–Crippen LogP) is 2.55. The standard InChI is InChI=1S/C15H22N2O3S/c1-3-10-7-11(15(19)20-4-2)14(21-10)17-13(18)8-12(16)9-5-6-9/h7,9,12H,3-6,8,16H2,1-2H3,(H,17,18). The SMILES string of the molecule is CCOC(=O)c1cc(CC)sc1NC(=O)CC(N)C1CC1. The molecule has 1 fully saturated rings. The zero-order valence-electron chi connectivity index (χ0n) is 12.5. The van der Waals surface area contributed by atoms with Gasteiger partial charge in [0.2, 0.25) is 5.91 Å². The minimum Gasteiger partial charge on any atom is -0.462 e. The second-order valence-corrected chi connectivity index (χ2v) is 6.42. The van der Waals surface area contributed by atoms with E-state index in [0.717, 1.165) is 24.1 Å². The van der Waals surface area contributed by atoms with E-state index in [-0.39, 0.29) is 11.9 Å². The molecule has 21 heavy (non-hydrogen) atoms. The summed E-state index contributed by atoms with van der Waals surface area (Å²) in [5, 5.41) is 3.38. The van der Waals surface area contributed by atoms with Gasteiger partial charge in [-0.1, -0.05) is 6.92 Å². The number of ether oxygens (including phenoxy) is 1. The van der Waals surface area contributed by atoms with E-state index in [1.54, 1.807) is 13.0 Å². The van der Waals surface area contributed by atoms with E-state index < -0.39 is 5.97 Å². The van der Waals surface area contributed by atoms with Crippen LogP contribution < -0.4 is 11.1 Å². The van der Waals surface area contributed by atoms with Crippen molar-refractivity contribution in [3.63, 3.8) is 0 Å². The van der Waals surface area contributed by atoms with Gasteiger partial charge < -0.3 is 15.8 Å². The van der Waals surface area contributed by atoms with E-state index in [0.29, 0.717) is 29.5 Å². The minimum atomic E-state index is -0.393. The van der Waals surface area contributed by atoms with Gasteiger partial charge in [0.25, 0.3) is 0 Å². The maximum absolute atomic E-state index is 12.0. The highest BCUT2D eigenvalue weighted by atomic mass is 32.1. The van der Waals surface area contributed by atoms with Crippen molar-refractivity contribution in [3.05, 3.63) is 16.5 Å². The lowest BCUT2D eigenvalue weighted by Gasteiger charge is -2.10. The summed E-state index contributed by atoms with van der Waals surface area (Å²) in [6.07, 6.45) is 3.34. The molecule has 0 aliphatic heterocycles. The fourth-order valence-electron chi connectivity index (χ4n) is 2.15. The number of esters is 1. The molecule has 5 nitrogen and oxygen atoms in total. The molecule has 0 bridgehead atoms. The van der Waals surface area contributed by atoms with Crippen LogP contribution in [0.15, 0.2) is 6.07 Å². The Morgan fingerprint density at radius 1 is 1.48 bits per heavy atom. The number of anilines is 1. The van der Waals surface area contributed by atoms with Crippen LogP contribution in [0.3, 0.4) is 0 Å². The fourth-order valence-corrected chi connectivity index (χ4v) is 3.15. The van der Waals surface area contributed by atoms with Crippen molar-refractivity contribution in [1.82, 2.24) is 0 Å². The van der Waals surface area contributed by atoms with Gasteiger partial charge in [-0.05, 0) is 38.2 Å². The Bertz CT molecular complexity index is 523. The second-order valence-electron chi connectivity index (χ2n) is 5.28. The lowest BCUT2D eigenvalue weighted by Crippen LogP contribution is -2.29. The second kappa shape index (κ2) is 7.04. The summed E-state index contributed by atoms with van der Waals surface area (Å²) >= 11 is 1.42. The summed E-state index contributed by atoms with van der Waals surface area (Å²) in [5.74, 6) is -0.0468. The van der Waals surface area contributed by atoms with Gasteiger partial charge in [0.15, 0.2) is 0 Å². The van der Waals surface area contributed by atoms with Crippen molar-refractivity contribution < 1.29 is 14.3 Å². The van der Waals surface area contributed by atoms with Gasteiger partial charge >= 0.3 is 5.97 Å². The van der Waals surface area contributed by atoms with Crippen LogP contribution in [-0.4, -0.2) is 24.5 Å². The van der Waals surface area contributed by atoms with Crippen LogP contribution in [0.1, 0.15) is 48.3 Å². The molecular formula is C15H22N2O3S. The number of nitrogens with one attached hydrogen (secondary N) is 1. The van der Waals surface area contributed by atoms with Crippen molar-refractivity contribution in [1.29, 1.82) is 0 Å². The van der Waals surface area contributed by atoms with Crippen molar-refractivity contribution >= 4 is 28.2 Å². The smallest absolute Gasteiger partial charge is 0.341 e. The van der Waals surface area contributed by atoms with Gasteiger partial charge in [0.05, 0.1) is 12.2 Å². The normalized spacial score (nSPS) is 15.6. The highest BCUT2D eigenvalue weighted by molar-refractivity contribution is 7.16. The lowest BCUT2D eigenvalue weighted by molar-refractivity contribution is -0.116. The zero-order chi connectivity index (χ0) is 15.4. The molecule has 6 heteroatoms. The van der Waals surface area contributed by atoms with Gasteiger partial charge in [-0.15, -0.1) is 11.3 Å². The maximum atomic E-state index is 12.0. The summed E-state index contributed by atoms with van der Waals surface area (Å²) in [6, 6.07) is 1.71. The van der Waals surface area contributed by atoms with Crippen LogP contribution in [0.5, 0.6) is 0 Å². The molecule has 1 aromatic heterocycles. The number of thiophene rings is 1. The highest BCUT2D eigenvalue weighted by Crippen LogP contribution is 2.33. The zero-order valence-corrected chi connectivity index (χ0v) is 13.3. The first-order valence-corrected chi connectivity index (χ1v) is 8.22. The molecule has 1 saturated carbocycles. The number of hydrogen-bond donors (Lipinski definition) is 2. The van der Waals surface area contributed by atoms with Gasteiger partial charge in [-0.3, -0.25) is 4.79 Å². The molecule has 1 unspecified atom stereocenters. The predicted molar refractivity (Wildman–Crippen MR) is 83.6 cm³/mol. The third-order valence-corrected chi connectivity index (χ3v) is 4.72. The Labute approximate surface area is 128 Å². The fraction of sp³-hybridized carbons (Fsp3) is 0.600. The Kier molecular flexibility index (Phi) is 5.36. The lowest BCUT2D eigenvalue weighted by atomic mass is 10.1. The topological polar surface area (TPSA) is 81.4 Å². The molecule has 0 saturated heterocycles. The van der Waals surface area contributed by atoms with E-state index in [1.807, 2.05) is 6.92 Å². The molecule has 2 rings (SSSR count). The Balaban J connectivity index is 2.04. The van der Waals surface area contributed by atoms with Crippen LogP contribution in [-0.2, 0) is 16.0 Å². The molecule has 116 valence electrons. The first kappa shape index (κ1) is 16.0. The summed E-state index contributed by atoms with van der Waals surface area (Å²) in [6.45, 7) is 4.09. The number of nitrogens with two attached hydrogens (primary N) is 1. The van der Waals surface area contributed by atoms with E-state index in [4.69, 9.17) is 10.5 Å². The molecule has 1 heterocycles. The van der Waals surface area contributed by atoms with Gasteiger partial charge in [0.1, 0.15) is 5.00 Å². The first-order chi connectivity index (χ1) is 10.0. The summed E-state index contributed by atoms with van der Waals surface area (Å²) in [7, 11) is 0. The third kappa shape index (κ3) is 4.28. The third-order valence-electron chi connectivity index (χ3n) is 3.53. The highest BCUT2D eigenvalue weighted by Gasteiger charge is 2.30. The molecule has 1 aliphatic rings. The van der Waals surface area contributed by atoms with E-state index in [9.17, 15) is 9.59 Å². The molecule has 3 N–H and O–H groups in total. The molecule has 1 aliphatic carbocycles. The number of carbonyl (C=O) groups excluding carboxylic acids is 2. The Hall–Kier alpha value is -1.40. The number of carbonyl (C=O) groups is 2. The van der Waals surface area contributed by atoms with Crippen molar-refractivity contribution in [2.24, 2.45) is 11.7 Å². The van der Waals surface area contributed by atoms with E-state index in [1.165, 1.54) is 11.3 Å². The van der Waals surface area contributed by atoms with Gasteiger partial charge in [-0.2, -0.15) is 0 Å². The van der Waals surface area contributed by atoms with Crippen molar-refractivity contribution in [2.75, 3.05) is 11.9 Å². The largest absolute Gasteiger partial charge is 0.462 e. The van der Waals surface area contributed by atoms with Crippen LogP contribution >= 0.6 is 11.3 Å². The first-order valence-electron chi connectivity index (χ1n) is 7.40. The molecular weight excluding hydrogens is 288 g/mol. The summed E-state index contributed by atoms with van der Waals surface area (Å²) in [5.41, 5.74) is 6.40.